The van der Waals surface area contributed by atoms with E-state index in [1.165, 1.54) is 0 Å². The van der Waals surface area contributed by atoms with Crippen LogP contribution in [0.2, 0.25) is 0 Å². The topological polar surface area (TPSA) is 97.7 Å². The van der Waals surface area contributed by atoms with E-state index in [1.807, 2.05) is 6.92 Å². The molecule has 2 aromatic carbocycles. The number of benzene rings is 2. The molecule has 164 valence electrons. The fourth-order valence-corrected chi connectivity index (χ4v) is 4.60. The quantitative estimate of drug-likeness (QED) is 0.563. The molecule has 1 aliphatic rings. The summed E-state index contributed by atoms with van der Waals surface area (Å²) >= 11 is 0. The number of hydrogen-bond donors (Lipinski definition) is 1. The fourth-order valence-electron chi connectivity index (χ4n) is 3.34. The van der Waals surface area contributed by atoms with Crippen LogP contribution in [0.4, 0.5) is 0 Å². The number of rotatable bonds is 8. The Kier molecular flexibility index (Phi) is 6.43. The van der Waals surface area contributed by atoms with Crippen LogP contribution in [0, 0.1) is 0 Å². The van der Waals surface area contributed by atoms with E-state index in [0.717, 1.165) is 21.7 Å². The van der Waals surface area contributed by atoms with Crippen LogP contribution < -0.4 is 15.9 Å². The molecule has 1 amide bonds. The van der Waals surface area contributed by atoms with Gasteiger partial charge in [-0.15, -0.1) is 0 Å². The maximum absolute atomic E-state index is 12.9. The lowest BCUT2D eigenvalue weighted by atomic mass is 10.2. The maximum Gasteiger partial charge on any atom is 0.249 e. The van der Waals surface area contributed by atoms with Gasteiger partial charge >= 0.3 is 0 Å². The van der Waals surface area contributed by atoms with Crippen LogP contribution in [-0.2, 0) is 32.5 Å². The van der Waals surface area contributed by atoms with Crippen molar-refractivity contribution in [1.29, 1.82) is 0 Å². The highest BCUT2D eigenvalue weighted by molar-refractivity contribution is 7.91. The van der Waals surface area contributed by atoms with Gasteiger partial charge in [0.2, 0.25) is 15.7 Å². The highest BCUT2D eigenvalue weighted by Crippen LogP contribution is 2.22. The number of sulfone groups is 1. The molecular weight excluding hydrogens is 426 g/mol. The number of aromatic nitrogens is 1. The molecule has 1 unspecified atom stereocenters. The third-order valence-corrected chi connectivity index (χ3v) is 6.90. The molecule has 7 nitrogen and oxygen atoms in total. The average Bonchev–Trinajstić information content (AvgIpc) is 3.26. The number of carbonyl (C=O) groups excluding carboxylic acids is 1. The Hall–Kier alpha value is -3.36. The third kappa shape index (κ3) is 4.76. The van der Waals surface area contributed by atoms with Crippen molar-refractivity contribution in [2.24, 2.45) is 4.99 Å². The summed E-state index contributed by atoms with van der Waals surface area (Å²) < 4.78 is 31.1. The summed E-state index contributed by atoms with van der Waals surface area (Å²) in [5.41, 5.74) is 1.71. The van der Waals surface area contributed by atoms with E-state index in [1.54, 1.807) is 73.1 Å². The number of pyridine rings is 1. The molecule has 1 aliphatic heterocycles. The predicted molar refractivity (Wildman–Crippen MR) is 119 cm³/mol. The predicted octanol–water partition coefficient (Wildman–Crippen LogP) is 1.55. The van der Waals surface area contributed by atoms with Crippen LogP contribution in [0.3, 0.4) is 0 Å². The Morgan fingerprint density at radius 3 is 2.28 bits per heavy atom. The summed E-state index contributed by atoms with van der Waals surface area (Å²) in [4.78, 5) is 21.3. The zero-order valence-corrected chi connectivity index (χ0v) is 18.4. The molecule has 0 bridgehead atoms. The van der Waals surface area contributed by atoms with Crippen molar-refractivity contribution in [2.75, 3.05) is 6.61 Å². The van der Waals surface area contributed by atoms with Gasteiger partial charge in [-0.1, -0.05) is 24.3 Å². The largest absolute Gasteiger partial charge is 0.377 e. The van der Waals surface area contributed by atoms with Crippen molar-refractivity contribution in [1.82, 2.24) is 10.3 Å². The number of hydrogen-bond acceptors (Lipinski definition) is 6. The molecule has 0 aliphatic carbocycles. The molecule has 1 atom stereocenters. The van der Waals surface area contributed by atoms with Gasteiger partial charge in [-0.05, 0) is 54.5 Å². The van der Waals surface area contributed by atoms with Gasteiger partial charge in [0, 0.05) is 30.8 Å². The van der Waals surface area contributed by atoms with Gasteiger partial charge in [-0.25, -0.2) is 8.42 Å². The SMILES string of the molecule is CCOCc1ccc(S(=O)(=O)c2ccc(CNC(=O)C3C=c4cnccc4=N3)cc2)cc1. The van der Waals surface area contributed by atoms with E-state index in [2.05, 4.69) is 15.3 Å². The first-order valence-corrected chi connectivity index (χ1v) is 11.7. The van der Waals surface area contributed by atoms with Gasteiger partial charge in [0.1, 0.15) is 6.04 Å². The Balaban J connectivity index is 1.39. The Labute approximate surface area is 186 Å². The van der Waals surface area contributed by atoms with E-state index in [4.69, 9.17) is 4.74 Å². The van der Waals surface area contributed by atoms with Crippen molar-refractivity contribution in [3.05, 3.63) is 88.7 Å². The van der Waals surface area contributed by atoms with E-state index in [0.29, 0.717) is 13.2 Å². The van der Waals surface area contributed by atoms with Crippen LogP contribution in [0.25, 0.3) is 6.08 Å². The molecule has 8 heteroatoms. The normalized spacial score (nSPS) is 14.8. The molecule has 1 aromatic heterocycles. The first-order chi connectivity index (χ1) is 15.5. The zero-order valence-electron chi connectivity index (χ0n) is 17.6. The minimum atomic E-state index is -3.62. The molecular formula is C24H23N3O4S. The van der Waals surface area contributed by atoms with Crippen molar-refractivity contribution in [3.8, 4) is 0 Å². The molecule has 2 heterocycles. The monoisotopic (exact) mass is 449 g/mol. The second-order valence-corrected chi connectivity index (χ2v) is 9.27. The van der Waals surface area contributed by atoms with Crippen LogP contribution in [0.15, 0.2) is 81.8 Å². The molecule has 0 fully saturated rings. The highest BCUT2D eigenvalue weighted by Gasteiger charge is 2.19. The molecule has 0 saturated carbocycles. The van der Waals surface area contributed by atoms with E-state index >= 15 is 0 Å². The van der Waals surface area contributed by atoms with Gasteiger partial charge in [-0.3, -0.25) is 14.8 Å². The van der Waals surface area contributed by atoms with Crippen LogP contribution >= 0.6 is 0 Å². The highest BCUT2D eigenvalue weighted by atomic mass is 32.2. The van der Waals surface area contributed by atoms with Crippen LogP contribution in [0.1, 0.15) is 18.1 Å². The standard InChI is InChI=1S/C24H23N3O4S/c1-2-31-16-18-5-9-21(10-6-18)32(29,30)20-7-3-17(4-8-20)14-26-24(28)23-13-19-15-25-12-11-22(19)27-23/h3-13,15,23H,2,14,16H2,1H3,(H,26,28). The number of amides is 1. The first-order valence-electron chi connectivity index (χ1n) is 10.3. The van der Waals surface area contributed by atoms with Gasteiger partial charge < -0.3 is 10.1 Å². The average molecular weight is 450 g/mol. The molecule has 0 spiro atoms. The second-order valence-electron chi connectivity index (χ2n) is 7.32. The molecule has 0 saturated heterocycles. The lowest BCUT2D eigenvalue weighted by Gasteiger charge is -2.09. The summed E-state index contributed by atoms with van der Waals surface area (Å²) in [7, 11) is -3.62. The van der Waals surface area contributed by atoms with E-state index < -0.39 is 15.9 Å². The van der Waals surface area contributed by atoms with Gasteiger partial charge in [0.15, 0.2) is 0 Å². The number of fused-ring (bicyclic) bond motifs is 1. The Bertz CT molecular complexity index is 1300. The Morgan fingerprint density at radius 1 is 1.00 bits per heavy atom. The minimum absolute atomic E-state index is 0.201. The number of carbonyl (C=O) groups is 1. The third-order valence-electron chi connectivity index (χ3n) is 5.12. The van der Waals surface area contributed by atoms with Crippen molar-refractivity contribution in [2.45, 2.75) is 35.9 Å². The van der Waals surface area contributed by atoms with Crippen molar-refractivity contribution >= 4 is 21.8 Å². The second kappa shape index (κ2) is 9.42. The van der Waals surface area contributed by atoms with E-state index in [-0.39, 0.29) is 22.2 Å². The summed E-state index contributed by atoms with van der Waals surface area (Å²) in [6.45, 7) is 3.24. The molecule has 4 rings (SSSR count). The van der Waals surface area contributed by atoms with E-state index in [9.17, 15) is 13.2 Å². The molecule has 0 radical (unpaired) electrons. The summed E-state index contributed by atoms with van der Waals surface area (Å²) in [5.74, 6) is -0.218. The molecule has 1 N–H and O–H groups in total. The fraction of sp³-hybridized carbons (Fsp3) is 0.208. The van der Waals surface area contributed by atoms with Crippen molar-refractivity contribution < 1.29 is 17.9 Å². The van der Waals surface area contributed by atoms with Crippen LogP contribution in [-0.4, -0.2) is 32.0 Å². The molecule has 3 aromatic rings. The zero-order chi connectivity index (χ0) is 22.6. The van der Waals surface area contributed by atoms with Crippen molar-refractivity contribution in [3.63, 3.8) is 0 Å². The first kappa shape index (κ1) is 21.9. The maximum atomic E-state index is 12.9. The number of nitrogens with zero attached hydrogens (tertiary/aromatic N) is 2. The summed E-state index contributed by atoms with van der Waals surface area (Å²) in [5, 5.41) is 4.43. The number of nitrogens with one attached hydrogen (secondary N) is 1. The summed E-state index contributed by atoms with van der Waals surface area (Å²) in [6, 6.07) is 14.4. The van der Waals surface area contributed by atoms with Crippen LogP contribution in [0.5, 0.6) is 0 Å². The smallest absolute Gasteiger partial charge is 0.249 e. The lowest BCUT2D eigenvalue weighted by molar-refractivity contribution is -0.121. The van der Waals surface area contributed by atoms with Gasteiger partial charge in [0.05, 0.1) is 21.8 Å². The minimum Gasteiger partial charge on any atom is -0.377 e. The molecule has 32 heavy (non-hydrogen) atoms. The number of ether oxygens (including phenoxy) is 1. The lowest BCUT2D eigenvalue weighted by Crippen LogP contribution is -2.31. The summed E-state index contributed by atoms with van der Waals surface area (Å²) in [6.07, 6.45) is 5.09. The van der Waals surface area contributed by atoms with Gasteiger partial charge in [-0.2, -0.15) is 0 Å². The Morgan fingerprint density at radius 2 is 1.66 bits per heavy atom. The van der Waals surface area contributed by atoms with Gasteiger partial charge in [0.25, 0.3) is 0 Å².